The van der Waals surface area contributed by atoms with Crippen molar-refractivity contribution in [3.8, 4) is 0 Å². The summed E-state index contributed by atoms with van der Waals surface area (Å²) in [7, 11) is 0.998. The summed E-state index contributed by atoms with van der Waals surface area (Å²) in [4.78, 5) is 14.0. The first-order valence-corrected chi connectivity index (χ1v) is 4.07. The molecule has 82 valence electrons. The van der Waals surface area contributed by atoms with E-state index in [4.69, 9.17) is 11.6 Å². The molecular formula is C8H5ClF3NO2. The lowest BCUT2D eigenvalue weighted by Gasteiger charge is -2.06. The lowest BCUT2D eigenvalue weighted by molar-refractivity contribution is 0.0593. The van der Waals surface area contributed by atoms with Gasteiger partial charge in [0.25, 0.3) is 6.43 Å². The first-order chi connectivity index (χ1) is 6.97. The third kappa shape index (κ3) is 2.38. The molecule has 0 radical (unpaired) electrons. The molecule has 1 heterocycles. The van der Waals surface area contributed by atoms with Gasteiger partial charge in [0.05, 0.1) is 7.11 Å². The molecule has 0 spiro atoms. The Morgan fingerprint density at radius 2 is 2.20 bits per heavy atom. The summed E-state index contributed by atoms with van der Waals surface area (Å²) in [5.74, 6) is -2.50. The van der Waals surface area contributed by atoms with E-state index in [1.165, 1.54) is 0 Å². The first-order valence-electron chi connectivity index (χ1n) is 3.69. The van der Waals surface area contributed by atoms with Crippen molar-refractivity contribution < 1.29 is 22.7 Å². The quantitative estimate of drug-likeness (QED) is 0.588. The van der Waals surface area contributed by atoms with Crippen LogP contribution in [0.4, 0.5) is 13.2 Å². The number of rotatable bonds is 2. The van der Waals surface area contributed by atoms with Crippen LogP contribution in [0.5, 0.6) is 0 Å². The third-order valence-electron chi connectivity index (χ3n) is 1.56. The molecule has 7 heteroatoms. The fraction of sp³-hybridized carbons (Fsp3) is 0.250. The molecule has 0 N–H and O–H groups in total. The fourth-order valence-corrected chi connectivity index (χ4v) is 1.12. The van der Waals surface area contributed by atoms with E-state index in [1.807, 2.05) is 0 Å². The van der Waals surface area contributed by atoms with Crippen LogP contribution in [0.15, 0.2) is 6.07 Å². The van der Waals surface area contributed by atoms with Crippen LogP contribution < -0.4 is 0 Å². The summed E-state index contributed by atoms with van der Waals surface area (Å²) in [5, 5.41) is -0.396. The van der Waals surface area contributed by atoms with E-state index < -0.39 is 34.6 Å². The molecule has 0 aliphatic carbocycles. The van der Waals surface area contributed by atoms with Crippen LogP contribution >= 0.6 is 11.6 Å². The molecule has 0 amide bonds. The van der Waals surface area contributed by atoms with Gasteiger partial charge >= 0.3 is 5.97 Å². The van der Waals surface area contributed by atoms with Crippen LogP contribution in [-0.2, 0) is 4.74 Å². The highest BCUT2D eigenvalue weighted by Crippen LogP contribution is 2.25. The Labute approximate surface area is 87.8 Å². The smallest absolute Gasteiger partial charge is 0.341 e. The van der Waals surface area contributed by atoms with E-state index >= 15 is 0 Å². The van der Waals surface area contributed by atoms with Crippen molar-refractivity contribution in [2.75, 3.05) is 7.11 Å². The van der Waals surface area contributed by atoms with Crippen LogP contribution in [0.2, 0.25) is 5.15 Å². The monoisotopic (exact) mass is 239 g/mol. The van der Waals surface area contributed by atoms with E-state index in [0.29, 0.717) is 0 Å². The Balaban J connectivity index is 3.34. The largest absolute Gasteiger partial charge is 0.465 e. The maximum atomic E-state index is 13.2. The number of aromatic nitrogens is 1. The van der Waals surface area contributed by atoms with Gasteiger partial charge < -0.3 is 4.74 Å². The first kappa shape index (κ1) is 11.8. The maximum absolute atomic E-state index is 13.2. The molecule has 0 saturated heterocycles. The Kier molecular flexibility index (Phi) is 3.52. The van der Waals surface area contributed by atoms with Gasteiger partial charge in [0.1, 0.15) is 16.4 Å². The Bertz CT molecular complexity index is 398. The standard InChI is InChI=1S/C8H5ClF3NO2/c1-15-8(14)3-2-4(9)13-6(5(3)10)7(11)12/h2,7H,1H3. The van der Waals surface area contributed by atoms with Crippen molar-refractivity contribution in [2.24, 2.45) is 0 Å². The zero-order chi connectivity index (χ0) is 11.6. The van der Waals surface area contributed by atoms with Crippen molar-refractivity contribution in [2.45, 2.75) is 6.43 Å². The molecular weight excluding hydrogens is 235 g/mol. The van der Waals surface area contributed by atoms with Gasteiger partial charge in [0.2, 0.25) is 0 Å². The maximum Gasteiger partial charge on any atom is 0.341 e. The number of halogens is 4. The van der Waals surface area contributed by atoms with Crippen molar-refractivity contribution in [3.63, 3.8) is 0 Å². The second-order valence-corrected chi connectivity index (χ2v) is 2.87. The number of hydrogen-bond acceptors (Lipinski definition) is 3. The summed E-state index contributed by atoms with van der Waals surface area (Å²) in [6.45, 7) is 0. The van der Waals surface area contributed by atoms with Crippen LogP contribution in [0.1, 0.15) is 22.5 Å². The zero-order valence-corrected chi connectivity index (χ0v) is 8.19. The van der Waals surface area contributed by atoms with Crippen molar-refractivity contribution in [1.82, 2.24) is 4.98 Å². The molecule has 0 atom stereocenters. The van der Waals surface area contributed by atoms with Crippen LogP contribution in [0.3, 0.4) is 0 Å². The summed E-state index contributed by atoms with van der Waals surface area (Å²) in [5.41, 5.74) is -1.82. The van der Waals surface area contributed by atoms with Gasteiger partial charge in [-0.05, 0) is 6.07 Å². The van der Waals surface area contributed by atoms with Gasteiger partial charge in [0, 0.05) is 0 Å². The predicted molar refractivity (Wildman–Crippen MR) is 45.5 cm³/mol. The minimum absolute atomic E-state index is 0.396. The lowest BCUT2D eigenvalue weighted by Crippen LogP contribution is -2.09. The molecule has 0 fully saturated rings. The molecule has 3 nitrogen and oxygen atoms in total. The summed E-state index contributed by atoms with van der Waals surface area (Å²) in [6.07, 6.45) is -3.15. The lowest BCUT2D eigenvalue weighted by atomic mass is 10.2. The molecule has 0 saturated carbocycles. The highest BCUT2D eigenvalue weighted by Gasteiger charge is 2.23. The minimum atomic E-state index is -3.15. The van der Waals surface area contributed by atoms with Crippen LogP contribution in [0, 0.1) is 5.82 Å². The molecule has 0 aliphatic rings. The highest BCUT2D eigenvalue weighted by molar-refractivity contribution is 6.29. The van der Waals surface area contributed by atoms with Gasteiger partial charge in [-0.3, -0.25) is 0 Å². The Morgan fingerprint density at radius 3 is 2.67 bits per heavy atom. The van der Waals surface area contributed by atoms with E-state index in [-0.39, 0.29) is 0 Å². The van der Waals surface area contributed by atoms with Gasteiger partial charge in [0.15, 0.2) is 5.82 Å². The topological polar surface area (TPSA) is 39.2 Å². The summed E-state index contributed by atoms with van der Waals surface area (Å²) >= 11 is 5.35. The number of pyridine rings is 1. The van der Waals surface area contributed by atoms with Gasteiger partial charge in [-0.1, -0.05) is 11.6 Å². The number of hydrogen-bond donors (Lipinski definition) is 0. The average Bonchev–Trinajstić information content (AvgIpc) is 2.19. The van der Waals surface area contributed by atoms with Gasteiger partial charge in [-0.15, -0.1) is 0 Å². The van der Waals surface area contributed by atoms with Gasteiger partial charge in [-0.25, -0.2) is 22.9 Å². The SMILES string of the molecule is COC(=O)c1cc(Cl)nc(C(F)F)c1F. The van der Waals surface area contributed by atoms with E-state index in [9.17, 15) is 18.0 Å². The highest BCUT2D eigenvalue weighted by atomic mass is 35.5. The van der Waals surface area contributed by atoms with E-state index in [2.05, 4.69) is 9.72 Å². The number of methoxy groups -OCH3 is 1. The Hall–Kier alpha value is -1.30. The second kappa shape index (κ2) is 4.48. The molecule has 1 aromatic rings. The molecule has 15 heavy (non-hydrogen) atoms. The fourth-order valence-electron chi connectivity index (χ4n) is 0.920. The van der Waals surface area contributed by atoms with E-state index in [1.54, 1.807) is 0 Å². The number of ether oxygens (including phenoxy) is 1. The average molecular weight is 240 g/mol. The number of carbonyl (C=O) groups excluding carboxylic acids is 1. The molecule has 1 aromatic heterocycles. The van der Waals surface area contributed by atoms with Crippen LogP contribution in [-0.4, -0.2) is 18.1 Å². The molecule has 1 rings (SSSR count). The molecule has 0 aliphatic heterocycles. The molecule has 0 aromatic carbocycles. The van der Waals surface area contributed by atoms with Crippen LogP contribution in [0.25, 0.3) is 0 Å². The Morgan fingerprint density at radius 1 is 1.60 bits per heavy atom. The van der Waals surface area contributed by atoms with Gasteiger partial charge in [-0.2, -0.15) is 0 Å². The zero-order valence-electron chi connectivity index (χ0n) is 7.43. The third-order valence-corrected chi connectivity index (χ3v) is 1.76. The molecule has 0 unspecified atom stereocenters. The predicted octanol–water partition coefficient (Wildman–Crippen LogP) is 2.60. The van der Waals surface area contributed by atoms with Crippen molar-refractivity contribution >= 4 is 17.6 Å². The number of carbonyl (C=O) groups is 1. The van der Waals surface area contributed by atoms with Crippen molar-refractivity contribution in [3.05, 3.63) is 28.3 Å². The second-order valence-electron chi connectivity index (χ2n) is 2.48. The summed E-state index contributed by atoms with van der Waals surface area (Å²) < 4.78 is 41.9. The summed E-state index contributed by atoms with van der Waals surface area (Å²) in [6, 6.07) is 0.828. The number of nitrogens with zero attached hydrogens (tertiary/aromatic N) is 1. The van der Waals surface area contributed by atoms with Crippen molar-refractivity contribution in [1.29, 1.82) is 0 Å². The number of alkyl halides is 2. The minimum Gasteiger partial charge on any atom is -0.465 e. The number of esters is 1. The van der Waals surface area contributed by atoms with E-state index in [0.717, 1.165) is 13.2 Å². The normalized spacial score (nSPS) is 10.5. The molecule has 0 bridgehead atoms.